The lowest BCUT2D eigenvalue weighted by molar-refractivity contribution is 0.271. The Morgan fingerprint density at radius 2 is 2.17 bits per heavy atom. The zero-order valence-electron chi connectivity index (χ0n) is 15.9. The number of anilines is 2. The zero-order valence-corrected chi connectivity index (χ0v) is 16.7. The van der Waals surface area contributed by atoms with Crippen molar-refractivity contribution in [2.24, 2.45) is 5.92 Å². The first-order valence-electron chi connectivity index (χ1n) is 9.02. The van der Waals surface area contributed by atoms with Crippen LogP contribution in [0.4, 0.5) is 16.2 Å². The highest BCUT2D eigenvalue weighted by molar-refractivity contribution is 7.11. The Balaban J connectivity index is 1.36. The smallest absolute Gasteiger partial charge is 0.257 e. The molecule has 3 heterocycles. The number of nitrogens with two attached hydrogens (primary N) is 1. The minimum atomic E-state index is -0.680. The number of pyridine rings is 1. The van der Waals surface area contributed by atoms with Crippen molar-refractivity contribution in [3.63, 3.8) is 0 Å². The highest BCUT2D eigenvalue weighted by Crippen LogP contribution is 2.47. The molecule has 3 aromatic rings. The lowest BCUT2D eigenvalue weighted by Crippen LogP contribution is -2.11. The number of nitrogen functional groups attached to an aromatic ring is 1. The van der Waals surface area contributed by atoms with Crippen LogP contribution in [-0.2, 0) is 6.54 Å². The van der Waals surface area contributed by atoms with E-state index in [9.17, 15) is 4.39 Å². The summed E-state index contributed by atoms with van der Waals surface area (Å²) in [6.07, 6.45) is 2.61. The van der Waals surface area contributed by atoms with E-state index >= 15 is 0 Å². The van der Waals surface area contributed by atoms with E-state index in [4.69, 9.17) is 15.2 Å². The van der Waals surface area contributed by atoms with Gasteiger partial charge in [-0.1, -0.05) is 11.3 Å². The van der Waals surface area contributed by atoms with Crippen LogP contribution in [0.1, 0.15) is 28.0 Å². The van der Waals surface area contributed by atoms with Gasteiger partial charge in [0, 0.05) is 17.5 Å². The molecule has 0 bridgehead atoms. The van der Waals surface area contributed by atoms with Crippen LogP contribution >= 0.6 is 11.3 Å². The first kappa shape index (κ1) is 19.2. The third-order valence-electron chi connectivity index (χ3n) is 4.54. The lowest BCUT2D eigenvalue weighted by atomic mass is 10.2. The van der Waals surface area contributed by atoms with Crippen LogP contribution in [0, 0.1) is 18.7 Å². The van der Waals surface area contributed by atoms with Crippen LogP contribution in [0.15, 0.2) is 18.3 Å². The summed E-state index contributed by atoms with van der Waals surface area (Å²) in [7, 11) is 1.60. The fourth-order valence-corrected chi connectivity index (χ4v) is 3.58. The Labute approximate surface area is 170 Å². The topological polar surface area (TPSA) is 121 Å². The fraction of sp³-hybridized carbons (Fsp3) is 0.389. The monoisotopic (exact) mass is 417 g/mol. The Hall–Kier alpha value is -3.08. The van der Waals surface area contributed by atoms with Gasteiger partial charge < -0.3 is 20.5 Å². The van der Waals surface area contributed by atoms with Gasteiger partial charge in [-0.15, -0.1) is 10.2 Å². The van der Waals surface area contributed by atoms with Gasteiger partial charge in [0.2, 0.25) is 11.8 Å². The summed E-state index contributed by atoms with van der Waals surface area (Å²) in [5.41, 5.74) is 6.68. The minimum absolute atomic E-state index is 0.0236. The Bertz CT molecular complexity index is 998. The quantitative estimate of drug-likeness (QED) is 0.569. The molecule has 152 valence electrons. The van der Waals surface area contributed by atoms with E-state index in [2.05, 4.69) is 30.5 Å². The van der Waals surface area contributed by atoms with Crippen molar-refractivity contribution in [3.8, 4) is 11.6 Å². The lowest BCUT2D eigenvalue weighted by Gasteiger charge is -2.10. The Morgan fingerprint density at radius 3 is 2.86 bits per heavy atom. The maximum Gasteiger partial charge on any atom is 0.257 e. The number of hydrogen-bond donors (Lipinski definition) is 2. The predicted molar refractivity (Wildman–Crippen MR) is 106 cm³/mol. The van der Waals surface area contributed by atoms with Crippen molar-refractivity contribution in [2.75, 3.05) is 24.8 Å². The summed E-state index contributed by atoms with van der Waals surface area (Å²) < 4.78 is 25.4. The van der Waals surface area contributed by atoms with Crippen molar-refractivity contribution in [3.05, 3.63) is 39.9 Å². The molecule has 0 spiro atoms. The van der Waals surface area contributed by atoms with E-state index in [1.807, 2.05) is 19.1 Å². The van der Waals surface area contributed by atoms with Gasteiger partial charge in [-0.05, 0) is 25.5 Å². The molecule has 0 saturated heterocycles. The van der Waals surface area contributed by atoms with Crippen molar-refractivity contribution in [1.29, 1.82) is 0 Å². The molecule has 2 atom stereocenters. The minimum Gasteiger partial charge on any atom is -0.495 e. The SMILES string of the molecule is COc1ccc(C2CC2COc2nc(N)nc(NCc3nnc(C)s3)c2F)nc1. The Morgan fingerprint density at radius 1 is 1.31 bits per heavy atom. The molecule has 1 saturated carbocycles. The number of nitrogens with zero attached hydrogens (tertiary/aromatic N) is 5. The molecule has 3 N–H and O–H groups in total. The predicted octanol–water partition coefficient (Wildman–Crippen LogP) is 2.56. The average Bonchev–Trinajstić information content (AvgIpc) is 3.39. The van der Waals surface area contributed by atoms with Gasteiger partial charge in [-0.3, -0.25) is 4.98 Å². The van der Waals surface area contributed by atoms with E-state index in [1.165, 1.54) is 11.3 Å². The number of methoxy groups -OCH3 is 1. The number of nitrogens with one attached hydrogen (secondary N) is 1. The largest absolute Gasteiger partial charge is 0.495 e. The number of aromatic nitrogens is 5. The summed E-state index contributed by atoms with van der Waals surface area (Å²) in [6.45, 7) is 2.45. The molecule has 0 amide bonds. The van der Waals surface area contributed by atoms with Gasteiger partial charge in [0.15, 0.2) is 5.82 Å². The zero-order chi connectivity index (χ0) is 20.4. The van der Waals surface area contributed by atoms with Crippen LogP contribution in [0.25, 0.3) is 0 Å². The van der Waals surface area contributed by atoms with Crippen LogP contribution < -0.4 is 20.5 Å². The maximum atomic E-state index is 14.7. The second-order valence-electron chi connectivity index (χ2n) is 6.65. The van der Waals surface area contributed by atoms with Crippen LogP contribution in [0.5, 0.6) is 11.6 Å². The van der Waals surface area contributed by atoms with Crippen LogP contribution in [0.2, 0.25) is 0 Å². The first-order chi connectivity index (χ1) is 14.0. The van der Waals surface area contributed by atoms with E-state index in [0.29, 0.717) is 12.4 Å². The fourth-order valence-electron chi connectivity index (χ4n) is 2.94. The molecule has 1 fully saturated rings. The molecule has 4 rings (SSSR count). The van der Waals surface area contributed by atoms with Gasteiger partial charge in [-0.25, -0.2) is 0 Å². The van der Waals surface area contributed by atoms with Gasteiger partial charge in [0.1, 0.15) is 15.8 Å². The van der Waals surface area contributed by atoms with Gasteiger partial charge in [0.25, 0.3) is 5.88 Å². The standard InChI is InChI=1S/C18H20FN7O2S/c1-9-25-26-14(29-9)7-22-16-15(19)17(24-18(20)23-16)28-8-10-5-12(10)13-4-3-11(27-2)6-21-13/h3-4,6,10,12H,5,7-8H2,1-2H3,(H3,20,22,23,24). The second-order valence-corrected chi connectivity index (χ2v) is 7.92. The molecule has 29 heavy (non-hydrogen) atoms. The van der Waals surface area contributed by atoms with Crippen molar-refractivity contribution in [1.82, 2.24) is 25.1 Å². The molecule has 0 radical (unpaired) electrons. The van der Waals surface area contributed by atoms with Crippen LogP contribution in [-0.4, -0.2) is 38.9 Å². The first-order valence-corrected chi connectivity index (χ1v) is 9.83. The summed E-state index contributed by atoms with van der Waals surface area (Å²) in [5, 5.41) is 12.3. The van der Waals surface area contributed by atoms with Gasteiger partial charge in [0.05, 0.1) is 26.5 Å². The summed E-state index contributed by atoms with van der Waals surface area (Å²) in [6, 6.07) is 3.81. The number of aryl methyl sites for hydroxylation is 1. The van der Waals surface area contributed by atoms with Gasteiger partial charge >= 0.3 is 0 Å². The molecule has 11 heteroatoms. The molecule has 2 unspecified atom stereocenters. The van der Waals surface area contributed by atoms with Crippen molar-refractivity contribution >= 4 is 23.1 Å². The van der Waals surface area contributed by atoms with Crippen molar-refractivity contribution < 1.29 is 13.9 Å². The molecule has 1 aliphatic rings. The van der Waals surface area contributed by atoms with Crippen LogP contribution in [0.3, 0.4) is 0 Å². The third kappa shape index (κ3) is 4.50. The molecule has 1 aliphatic carbocycles. The summed E-state index contributed by atoms with van der Waals surface area (Å²) in [4.78, 5) is 12.2. The molecule has 9 nitrogen and oxygen atoms in total. The van der Waals surface area contributed by atoms with E-state index in [-0.39, 0.29) is 36.0 Å². The van der Waals surface area contributed by atoms with E-state index < -0.39 is 5.82 Å². The normalized spacial score (nSPS) is 17.8. The molecule has 0 aliphatic heterocycles. The average molecular weight is 417 g/mol. The van der Waals surface area contributed by atoms with Crippen molar-refractivity contribution in [2.45, 2.75) is 25.8 Å². The third-order valence-corrected chi connectivity index (χ3v) is 5.38. The number of halogens is 1. The maximum absolute atomic E-state index is 14.7. The molecule has 0 aromatic carbocycles. The summed E-state index contributed by atoms with van der Waals surface area (Å²) >= 11 is 1.42. The Kier molecular flexibility index (Phi) is 5.38. The summed E-state index contributed by atoms with van der Waals surface area (Å²) in [5.74, 6) is 0.297. The number of ether oxygens (including phenoxy) is 2. The number of hydrogen-bond acceptors (Lipinski definition) is 10. The van der Waals surface area contributed by atoms with Gasteiger partial charge in [-0.2, -0.15) is 14.4 Å². The number of rotatable bonds is 8. The second kappa shape index (κ2) is 8.11. The van der Waals surface area contributed by atoms with E-state index in [0.717, 1.165) is 22.1 Å². The molecule has 3 aromatic heterocycles. The molecular formula is C18H20FN7O2S. The molecular weight excluding hydrogens is 397 g/mol. The highest BCUT2D eigenvalue weighted by atomic mass is 32.1. The highest BCUT2D eigenvalue weighted by Gasteiger charge is 2.40. The van der Waals surface area contributed by atoms with E-state index in [1.54, 1.807) is 13.3 Å².